The van der Waals surface area contributed by atoms with Crippen molar-refractivity contribution >= 4 is 39.3 Å². The van der Waals surface area contributed by atoms with Crippen LogP contribution in [-0.2, 0) is 13.2 Å². The van der Waals surface area contributed by atoms with Gasteiger partial charge in [0.1, 0.15) is 17.6 Å². The van der Waals surface area contributed by atoms with Gasteiger partial charge < -0.3 is 24.6 Å². The van der Waals surface area contributed by atoms with E-state index in [-0.39, 0.29) is 22.7 Å². The summed E-state index contributed by atoms with van der Waals surface area (Å²) < 4.78 is 21.6. The van der Waals surface area contributed by atoms with E-state index >= 15 is 0 Å². The van der Waals surface area contributed by atoms with Crippen LogP contribution in [0.15, 0.2) is 34.9 Å². The predicted molar refractivity (Wildman–Crippen MR) is 123 cm³/mol. The second kappa shape index (κ2) is 8.45. The highest BCUT2D eigenvalue weighted by molar-refractivity contribution is 6.14. The van der Waals surface area contributed by atoms with Crippen molar-refractivity contribution in [3.05, 3.63) is 47.7 Å². The number of aryl methyl sites for hydroxylation is 1. The Balaban J connectivity index is 1.49. The molecular formula is C23H25FN6O3. The van der Waals surface area contributed by atoms with Crippen LogP contribution in [0, 0.1) is 5.82 Å². The van der Waals surface area contributed by atoms with E-state index in [1.165, 1.54) is 12.1 Å². The molecule has 2 aromatic carbocycles. The van der Waals surface area contributed by atoms with Crippen LogP contribution in [0.1, 0.15) is 23.2 Å². The Hall–Kier alpha value is -3.50. The van der Waals surface area contributed by atoms with Crippen molar-refractivity contribution in [3.8, 4) is 0 Å². The van der Waals surface area contributed by atoms with Crippen LogP contribution in [0.25, 0.3) is 22.0 Å². The summed E-state index contributed by atoms with van der Waals surface area (Å²) in [6, 6.07) is 6.40. The third-order valence-electron chi connectivity index (χ3n) is 6.00. The van der Waals surface area contributed by atoms with Gasteiger partial charge in [0.15, 0.2) is 11.4 Å². The fourth-order valence-corrected chi connectivity index (χ4v) is 4.18. The number of carbonyl (C=O) groups excluding carboxylic acids is 1. The van der Waals surface area contributed by atoms with E-state index in [1.54, 1.807) is 6.07 Å². The number of oxazole rings is 1. The van der Waals surface area contributed by atoms with E-state index < -0.39 is 18.3 Å². The molecule has 1 aliphatic heterocycles. The van der Waals surface area contributed by atoms with Crippen LogP contribution in [0.4, 0.5) is 15.8 Å². The fraction of sp³-hybridized carbons (Fsp3) is 0.348. The molecule has 2 N–H and O–H groups in total. The molecule has 0 bridgehead atoms. The molecule has 1 fully saturated rings. The Bertz CT molecular complexity index is 1340. The molecule has 10 heteroatoms. The number of halogens is 1. The zero-order chi connectivity index (χ0) is 23.1. The Morgan fingerprint density at radius 3 is 2.73 bits per heavy atom. The first-order valence-corrected chi connectivity index (χ1v) is 10.9. The molecule has 0 aliphatic carbocycles. The number of carbonyl (C=O) groups is 1. The van der Waals surface area contributed by atoms with Gasteiger partial charge in [-0.2, -0.15) is 5.10 Å². The summed E-state index contributed by atoms with van der Waals surface area (Å²) in [4.78, 5) is 21.7. The Kier molecular flexibility index (Phi) is 5.47. The number of piperazine rings is 1. The molecule has 0 spiro atoms. The Labute approximate surface area is 189 Å². The van der Waals surface area contributed by atoms with Gasteiger partial charge >= 0.3 is 0 Å². The predicted octanol–water partition coefficient (Wildman–Crippen LogP) is 2.83. The molecule has 0 atom stereocenters. The van der Waals surface area contributed by atoms with Crippen LogP contribution < -0.4 is 10.2 Å². The molecule has 172 valence electrons. The van der Waals surface area contributed by atoms with Crippen molar-refractivity contribution in [3.63, 3.8) is 0 Å². The molecule has 0 radical (unpaired) electrons. The maximum Gasteiger partial charge on any atom is 0.257 e. The molecule has 1 aliphatic rings. The van der Waals surface area contributed by atoms with Gasteiger partial charge in [-0.3, -0.25) is 9.48 Å². The number of rotatable bonds is 5. The Morgan fingerprint density at radius 1 is 1.21 bits per heavy atom. The Morgan fingerprint density at radius 2 is 2.00 bits per heavy atom. The summed E-state index contributed by atoms with van der Waals surface area (Å²) in [6.45, 7) is 5.99. The fourth-order valence-electron chi connectivity index (χ4n) is 4.18. The monoisotopic (exact) mass is 452 g/mol. The zero-order valence-corrected chi connectivity index (χ0v) is 18.5. The average molecular weight is 452 g/mol. The van der Waals surface area contributed by atoms with Crippen molar-refractivity contribution < 1.29 is 18.7 Å². The van der Waals surface area contributed by atoms with Gasteiger partial charge in [0.25, 0.3) is 5.91 Å². The molecule has 4 aromatic rings. The van der Waals surface area contributed by atoms with Crippen molar-refractivity contribution in [2.75, 3.05) is 43.4 Å². The molecule has 0 saturated carbocycles. The first-order valence-electron chi connectivity index (χ1n) is 10.9. The number of hydrogen-bond acceptors (Lipinski definition) is 7. The van der Waals surface area contributed by atoms with E-state index in [9.17, 15) is 14.3 Å². The van der Waals surface area contributed by atoms with Gasteiger partial charge in [0.05, 0.1) is 5.56 Å². The highest BCUT2D eigenvalue weighted by Gasteiger charge is 2.22. The summed E-state index contributed by atoms with van der Waals surface area (Å²) >= 11 is 0. The van der Waals surface area contributed by atoms with Crippen molar-refractivity contribution in [2.45, 2.75) is 20.1 Å². The minimum absolute atomic E-state index is 0.0117. The summed E-state index contributed by atoms with van der Waals surface area (Å²) in [5.74, 6) is -1.03. The smallest absolute Gasteiger partial charge is 0.257 e. The molecule has 5 rings (SSSR count). The van der Waals surface area contributed by atoms with E-state index in [0.717, 1.165) is 37.3 Å². The number of anilines is 2. The van der Waals surface area contributed by atoms with Gasteiger partial charge in [0, 0.05) is 61.7 Å². The van der Waals surface area contributed by atoms with Gasteiger partial charge in [-0.25, -0.2) is 9.37 Å². The van der Waals surface area contributed by atoms with Crippen molar-refractivity contribution in [2.24, 2.45) is 0 Å². The number of aromatic nitrogens is 3. The molecule has 3 heterocycles. The number of aliphatic hydroxyl groups excluding tert-OH is 1. The van der Waals surface area contributed by atoms with E-state index in [0.29, 0.717) is 17.6 Å². The van der Waals surface area contributed by atoms with Crippen LogP contribution >= 0.6 is 0 Å². The highest BCUT2D eigenvalue weighted by Crippen LogP contribution is 2.31. The van der Waals surface area contributed by atoms with Crippen LogP contribution in [0.5, 0.6) is 0 Å². The lowest BCUT2D eigenvalue weighted by atomic mass is 10.1. The number of likely N-dealkylation sites (N-methyl/N-ethyl adjacent to an activating group) is 1. The topological polar surface area (TPSA) is 99.7 Å². The van der Waals surface area contributed by atoms with Crippen LogP contribution in [0.2, 0.25) is 0 Å². The van der Waals surface area contributed by atoms with Crippen LogP contribution in [-0.4, -0.2) is 63.9 Å². The number of nitrogens with one attached hydrogen (secondary N) is 1. The first kappa shape index (κ1) is 21.4. The highest BCUT2D eigenvalue weighted by atomic mass is 19.1. The molecule has 1 saturated heterocycles. The minimum Gasteiger partial charge on any atom is -0.438 e. The van der Waals surface area contributed by atoms with Gasteiger partial charge in [-0.15, -0.1) is 0 Å². The second-order valence-corrected chi connectivity index (χ2v) is 8.19. The van der Waals surface area contributed by atoms with Gasteiger partial charge in [-0.1, -0.05) is 0 Å². The summed E-state index contributed by atoms with van der Waals surface area (Å²) in [5, 5.41) is 17.5. The summed E-state index contributed by atoms with van der Waals surface area (Å²) in [5.41, 5.74) is 2.47. The van der Waals surface area contributed by atoms with Gasteiger partial charge in [-0.05, 0) is 32.2 Å². The minimum atomic E-state index is -0.642. The maximum atomic E-state index is 14.5. The lowest BCUT2D eigenvalue weighted by molar-refractivity contribution is 0.102. The van der Waals surface area contributed by atoms with E-state index in [2.05, 4.69) is 32.2 Å². The molecule has 9 nitrogen and oxygen atoms in total. The largest absolute Gasteiger partial charge is 0.438 e. The summed E-state index contributed by atoms with van der Waals surface area (Å²) in [7, 11) is 2.11. The van der Waals surface area contributed by atoms with Crippen molar-refractivity contribution in [1.82, 2.24) is 19.7 Å². The molecular weight excluding hydrogens is 427 g/mol. The number of hydrogen-bond donors (Lipinski definition) is 2. The molecule has 33 heavy (non-hydrogen) atoms. The second-order valence-electron chi connectivity index (χ2n) is 8.19. The number of nitrogens with zero attached hydrogens (tertiary/aromatic N) is 5. The maximum absolute atomic E-state index is 14.5. The average Bonchev–Trinajstić information content (AvgIpc) is 3.43. The number of benzene rings is 2. The first-order chi connectivity index (χ1) is 16.0. The third kappa shape index (κ3) is 3.91. The van der Waals surface area contributed by atoms with Gasteiger partial charge in [0.2, 0.25) is 5.89 Å². The summed E-state index contributed by atoms with van der Waals surface area (Å²) in [6.07, 6.45) is 1.97. The zero-order valence-electron chi connectivity index (χ0n) is 18.5. The quantitative estimate of drug-likeness (QED) is 0.480. The standard InChI is InChI=1S/C23H25FN6O3/c1-3-30-12-16-18(29-8-6-28(2)7-9-29)5-4-15(21(16)27-30)23(32)25-14-10-17(24)22-19(11-14)33-20(13-31)26-22/h4-5,10-12,31H,3,6-9,13H2,1-2H3,(H,25,32). The molecule has 2 aromatic heterocycles. The normalized spacial score (nSPS) is 15.0. The van der Waals surface area contributed by atoms with Crippen molar-refractivity contribution in [1.29, 1.82) is 0 Å². The number of fused-ring (bicyclic) bond motifs is 2. The number of amides is 1. The molecule has 1 amide bonds. The SMILES string of the molecule is CCn1cc2c(N3CCN(C)CC3)ccc(C(=O)Nc3cc(F)c4nc(CO)oc4c3)c2n1. The van der Waals surface area contributed by atoms with E-state index in [4.69, 9.17) is 4.42 Å². The lowest BCUT2D eigenvalue weighted by Crippen LogP contribution is -2.44. The van der Waals surface area contributed by atoms with E-state index in [1.807, 2.05) is 23.9 Å². The molecule has 0 unspecified atom stereocenters. The number of aliphatic hydroxyl groups is 1. The lowest BCUT2D eigenvalue weighted by Gasteiger charge is -2.34. The third-order valence-corrected chi connectivity index (χ3v) is 6.00. The van der Waals surface area contributed by atoms with Crippen LogP contribution in [0.3, 0.4) is 0 Å².